The Kier molecular flexibility index (Phi) is 4.49. The fraction of sp³-hybridized carbons (Fsp3) is 0.238. The van der Waals surface area contributed by atoms with Crippen LogP contribution in [0.1, 0.15) is 22.4 Å². The molecule has 3 aromatic rings. The summed E-state index contributed by atoms with van der Waals surface area (Å²) in [6, 6.07) is 7.72. The fourth-order valence-corrected chi connectivity index (χ4v) is 3.86. The molecule has 2 heterocycles. The Hall–Kier alpha value is -3.42. The topological polar surface area (TPSA) is 84.4 Å². The zero-order chi connectivity index (χ0) is 20.9. The average molecular weight is 398 g/mol. The van der Waals surface area contributed by atoms with E-state index in [0.29, 0.717) is 29.9 Å². The molecule has 2 aromatic carbocycles. The number of aromatic nitrogens is 2. The lowest BCUT2D eigenvalue weighted by Gasteiger charge is -2.24. The van der Waals surface area contributed by atoms with Gasteiger partial charge in [0.05, 0.1) is 29.3 Å². The molecule has 0 atom stereocenters. The summed E-state index contributed by atoms with van der Waals surface area (Å²) in [7, 11) is 0. The number of hydrogen-bond donors (Lipinski definition) is 2. The van der Waals surface area contributed by atoms with Gasteiger partial charge in [-0.2, -0.15) is 5.10 Å². The van der Waals surface area contributed by atoms with E-state index in [1.165, 1.54) is 4.90 Å². The lowest BCUT2D eigenvalue weighted by molar-refractivity contribution is 0.140. The highest BCUT2D eigenvalue weighted by molar-refractivity contribution is 5.73. The Labute approximate surface area is 166 Å². The first-order valence-corrected chi connectivity index (χ1v) is 9.18. The van der Waals surface area contributed by atoms with Gasteiger partial charge in [0, 0.05) is 30.2 Å². The smallest absolute Gasteiger partial charge is 0.407 e. The Morgan fingerprint density at radius 3 is 2.52 bits per heavy atom. The molecule has 1 aromatic heterocycles. The van der Waals surface area contributed by atoms with Crippen LogP contribution in [-0.2, 0) is 13.0 Å². The normalized spacial score (nSPS) is 13.4. The molecule has 0 unspecified atom stereocenters. The molecule has 0 bridgehead atoms. The first-order valence-electron chi connectivity index (χ1n) is 9.18. The second kappa shape index (κ2) is 6.88. The van der Waals surface area contributed by atoms with Gasteiger partial charge in [-0.1, -0.05) is 18.2 Å². The first kappa shape index (κ1) is 18.9. The zero-order valence-corrected chi connectivity index (χ0v) is 16.0. The van der Waals surface area contributed by atoms with E-state index in [1.807, 2.05) is 32.0 Å². The molecular formula is C21H20F2N4O2. The fourth-order valence-electron chi connectivity index (χ4n) is 3.86. The molecule has 0 spiro atoms. The van der Waals surface area contributed by atoms with Crippen molar-refractivity contribution in [3.05, 3.63) is 64.4 Å². The van der Waals surface area contributed by atoms with Crippen LogP contribution in [-0.4, -0.2) is 32.4 Å². The number of carbonyl (C=O) groups is 1. The van der Waals surface area contributed by atoms with Crippen molar-refractivity contribution >= 4 is 11.8 Å². The number of benzene rings is 2. The summed E-state index contributed by atoms with van der Waals surface area (Å²) >= 11 is 0. The molecule has 1 aliphatic rings. The largest absolute Gasteiger partial charge is 0.465 e. The van der Waals surface area contributed by atoms with Gasteiger partial charge in [0.1, 0.15) is 11.6 Å². The molecule has 0 fully saturated rings. The monoisotopic (exact) mass is 398 g/mol. The molecule has 29 heavy (non-hydrogen) atoms. The molecule has 8 heteroatoms. The minimum atomic E-state index is -1.06. The van der Waals surface area contributed by atoms with Crippen molar-refractivity contribution in [3.8, 4) is 16.9 Å². The summed E-state index contributed by atoms with van der Waals surface area (Å²) < 4.78 is 30.8. The number of fused-ring (bicyclic) bond motifs is 1. The van der Waals surface area contributed by atoms with Gasteiger partial charge in [-0.25, -0.2) is 18.3 Å². The Balaban J connectivity index is 2.04. The Bertz CT molecular complexity index is 1120. The predicted octanol–water partition coefficient (Wildman–Crippen LogP) is 4.05. The summed E-state index contributed by atoms with van der Waals surface area (Å²) in [6.45, 7) is 4.17. The van der Waals surface area contributed by atoms with Crippen molar-refractivity contribution in [2.24, 2.45) is 0 Å². The van der Waals surface area contributed by atoms with Crippen molar-refractivity contribution in [1.29, 1.82) is 0 Å². The third kappa shape index (κ3) is 3.10. The van der Waals surface area contributed by atoms with Crippen LogP contribution in [0.15, 0.2) is 30.3 Å². The van der Waals surface area contributed by atoms with Gasteiger partial charge >= 0.3 is 6.09 Å². The molecule has 0 saturated heterocycles. The number of carboxylic acid groups (broad SMARTS) is 1. The van der Waals surface area contributed by atoms with Gasteiger partial charge in [0.25, 0.3) is 0 Å². The van der Waals surface area contributed by atoms with Crippen LogP contribution < -0.4 is 5.73 Å². The van der Waals surface area contributed by atoms with E-state index in [0.717, 1.165) is 28.9 Å². The second-order valence-corrected chi connectivity index (χ2v) is 7.23. The predicted molar refractivity (Wildman–Crippen MR) is 105 cm³/mol. The third-order valence-electron chi connectivity index (χ3n) is 5.30. The highest BCUT2D eigenvalue weighted by atomic mass is 19.1. The van der Waals surface area contributed by atoms with Crippen molar-refractivity contribution in [1.82, 2.24) is 14.7 Å². The Morgan fingerprint density at radius 2 is 1.86 bits per heavy atom. The van der Waals surface area contributed by atoms with E-state index < -0.39 is 17.7 Å². The van der Waals surface area contributed by atoms with Crippen LogP contribution >= 0.6 is 0 Å². The van der Waals surface area contributed by atoms with Crippen molar-refractivity contribution in [2.75, 3.05) is 12.3 Å². The number of nitrogens with zero attached hydrogens (tertiary/aromatic N) is 3. The van der Waals surface area contributed by atoms with E-state index in [-0.39, 0.29) is 17.8 Å². The number of amides is 1. The zero-order valence-electron chi connectivity index (χ0n) is 16.0. The first-order chi connectivity index (χ1) is 13.8. The van der Waals surface area contributed by atoms with E-state index >= 15 is 0 Å². The maximum Gasteiger partial charge on any atom is 0.407 e. The Morgan fingerprint density at radius 1 is 1.17 bits per heavy atom. The van der Waals surface area contributed by atoms with Gasteiger partial charge in [-0.15, -0.1) is 0 Å². The third-order valence-corrected chi connectivity index (χ3v) is 5.30. The number of hydrogen-bond acceptors (Lipinski definition) is 3. The maximum absolute atomic E-state index is 14.9. The molecule has 4 rings (SSSR count). The minimum Gasteiger partial charge on any atom is -0.465 e. The number of nitrogens with two attached hydrogens (primary N) is 1. The molecule has 0 aliphatic carbocycles. The van der Waals surface area contributed by atoms with E-state index in [1.54, 1.807) is 4.68 Å². The van der Waals surface area contributed by atoms with E-state index in [9.17, 15) is 18.7 Å². The highest BCUT2D eigenvalue weighted by Crippen LogP contribution is 2.36. The number of para-hydroxylation sites is 1. The van der Waals surface area contributed by atoms with E-state index in [4.69, 9.17) is 5.73 Å². The number of anilines is 1. The molecule has 1 aliphatic heterocycles. The molecule has 150 valence electrons. The molecule has 0 radical (unpaired) electrons. The van der Waals surface area contributed by atoms with Crippen LogP contribution in [0.4, 0.5) is 19.3 Å². The summed E-state index contributed by atoms with van der Waals surface area (Å²) in [5.41, 5.74) is 9.42. The standard InChI is InChI=1S/C21H20F2N4O2/c1-11-4-3-5-12(2)19(11)27-20(13-8-16(23)17(24)9-15(13)22)14-10-26(21(28)29)7-6-18(14)25-27/h3-5,8-9H,6-7,10,24H2,1-2H3,(H,28,29). The van der Waals surface area contributed by atoms with Crippen LogP contribution in [0.2, 0.25) is 0 Å². The summed E-state index contributed by atoms with van der Waals surface area (Å²) in [4.78, 5) is 12.8. The van der Waals surface area contributed by atoms with Gasteiger partial charge in [0.15, 0.2) is 0 Å². The maximum atomic E-state index is 14.9. The van der Waals surface area contributed by atoms with Crippen LogP contribution in [0, 0.1) is 25.5 Å². The second-order valence-electron chi connectivity index (χ2n) is 7.23. The number of aryl methyl sites for hydroxylation is 2. The summed E-state index contributed by atoms with van der Waals surface area (Å²) in [5.74, 6) is -1.43. The van der Waals surface area contributed by atoms with Crippen molar-refractivity contribution < 1.29 is 18.7 Å². The molecule has 0 saturated carbocycles. The summed E-state index contributed by atoms with van der Waals surface area (Å²) in [5, 5.41) is 14.1. The lowest BCUT2D eigenvalue weighted by atomic mass is 9.99. The van der Waals surface area contributed by atoms with Crippen molar-refractivity contribution in [2.45, 2.75) is 26.8 Å². The SMILES string of the molecule is Cc1cccc(C)c1-n1nc2c(c1-c1cc(F)c(N)cc1F)CN(C(=O)O)CC2. The van der Waals surface area contributed by atoms with Gasteiger partial charge in [0.2, 0.25) is 0 Å². The minimum absolute atomic E-state index is 0.000317. The van der Waals surface area contributed by atoms with Gasteiger partial charge < -0.3 is 15.7 Å². The van der Waals surface area contributed by atoms with Crippen LogP contribution in [0.25, 0.3) is 16.9 Å². The van der Waals surface area contributed by atoms with Crippen LogP contribution in [0.5, 0.6) is 0 Å². The molecular weight excluding hydrogens is 378 g/mol. The van der Waals surface area contributed by atoms with E-state index in [2.05, 4.69) is 5.10 Å². The highest BCUT2D eigenvalue weighted by Gasteiger charge is 2.30. The molecule has 3 N–H and O–H groups in total. The summed E-state index contributed by atoms with van der Waals surface area (Å²) in [6.07, 6.45) is -0.670. The lowest BCUT2D eigenvalue weighted by Crippen LogP contribution is -2.34. The number of nitrogen functional groups attached to an aromatic ring is 1. The number of rotatable bonds is 2. The quantitative estimate of drug-likeness (QED) is 0.638. The van der Waals surface area contributed by atoms with Crippen LogP contribution in [0.3, 0.4) is 0 Å². The number of halogens is 2. The average Bonchev–Trinajstić information content (AvgIpc) is 3.02. The van der Waals surface area contributed by atoms with Gasteiger partial charge in [-0.05, 0) is 31.0 Å². The molecule has 6 nitrogen and oxygen atoms in total. The molecule has 1 amide bonds. The van der Waals surface area contributed by atoms with Gasteiger partial charge in [-0.3, -0.25) is 0 Å². The van der Waals surface area contributed by atoms with Crippen molar-refractivity contribution in [3.63, 3.8) is 0 Å².